The molecule has 4 aliphatic carbocycles. The Balaban J connectivity index is 1.65. The van der Waals surface area contributed by atoms with Gasteiger partial charge in [0, 0.05) is 35.5 Å². The van der Waals surface area contributed by atoms with Crippen molar-refractivity contribution >= 4 is 0 Å². The summed E-state index contributed by atoms with van der Waals surface area (Å²) in [5.41, 5.74) is 0.658. The molecule has 7 atom stereocenters. The number of phenolic OH excluding ortho intramolecular Hbond substituents is 1. The molecule has 1 unspecified atom stereocenters. The molecule has 6 aliphatic rings. The summed E-state index contributed by atoms with van der Waals surface area (Å²) in [5, 5.41) is 26.6. The van der Waals surface area contributed by atoms with Crippen LogP contribution in [0.4, 0.5) is 0 Å². The standard InChI is InChI=1S/C25H35NO4/c1-21(2,3)22(4,28)16-13-23-8-9-25(16,29-5)20-24(23)10-11-26-17(23)12-14-6-7-15(27)19(30-20)18(14)24/h6-7,16-17,20,26-28H,8-13H2,1-5H3/t16-,17-,20-,22+,23-,24+,25?/m1/s1. The number of rotatable bonds is 2. The molecule has 7 rings (SSSR count). The number of aromatic hydroxyl groups is 1. The lowest BCUT2D eigenvalue weighted by atomic mass is 9.33. The van der Waals surface area contributed by atoms with Crippen LogP contribution in [-0.2, 0) is 16.6 Å². The number of ether oxygens (including phenoxy) is 2. The molecule has 1 aromatic carbocycles. The highest BCUT2D eigenvalue weighted by Gasteiger charge is 2.81. The molecule has 5 heteroatoms. The van der Waals surface area contributed by atoms with Gasteiger partial charge in [0.25, 0.3) is 0 Å². The Kier molecular flexibility index (Phi) is 3.46. The van der Waals surface area contributed by atoms with Crippen molar-refractivity contribution in [2.45, 2.75) is 88.6 Å². The van der Waals surface area contributed by atoms with Gasteiger partial charge in [-0.2, -0.15) is 0 Å². The molecule has 5 nitrogen and oxygen atoms in total. The predicted octanol–water partition coefficient (Wildman–Crippen LogP) is 3.29. The molecular weight excluding hydrogens is 378 g/mol. The molecule has 2 heterocycles. The summed E-state index contributed by atoms with van der Waals surface area (Å²) >= 11 is 0. The quantitative estimate of drug-likeness (QED) is 0.694. The van der Waals surface area contributed by atoms with Crippen LogP contribution in [0.3, 0.4) is 0 Å². The van der Waals surface area contributed by atoms with E-state index in [-0.39, 0.29) is 34.0 Å². The van der Waals surface area contributed by atoms with Crippen LogP contribution in [-0.4, -0.2) is 47.2 Å². The molecule has 30 heavy (non-hydrogen) atoms. The Morgan fingerprint density at radius 2 is 1.93 bits per heavy atom. The van der Waals surface area contributed by atoms with Crippen molar-refractivity contribution in [2.75, 3.05) is 13.7 Å². The number of methoxy groups -OCH3 is 1. The first-order valence-electron chi connectivity index (χ1n) is 11.6. The fourth-order valence-corrected chi connectivity index (χ4v) is 8.53. The molecule has 3 N–H and O–H groups in total. The lowest BCUT2D eigenvalue weighted by molar-refractivity contribution is -0.303. The number of hydrogen-bond donors (Lipinski definition) is 3. The molecule has 2 aliphatic heterocycles. The molecule has 0 aromatic heterocycles. The van der Waals surface area contributed by atoms with Gasteiger partial charge in [-0.3, -0.25) is 0 Å². The minimum absolute atomic E-state index is 0.0160. The Morgan fingerprint density at radius 1 is 1.17 bits per heavy atom. The SMILES string of the molecule is COC12CC[C@@]3(C[C@@H]1[C@](C)(O)C(C)(C)C)[C@H]1Cc4ccc(O)c5c4[C@@]3(CCN1)[C@H]2O5. The molecule has 4 bridgehead atoms. The van der Waals surface area contributed by atoms with Gasteiger partial charge in [0.05, 0.1) is 5.60 Å². The average Bonchev–Trinajstić information content (AvgIpc) is 3.05. The zero-order valence-corrected chi connectivity index (χ0v) is 18.8. The summed E-state index contributed by atoms with van der Waals surface area (Å²) in [6.45, 7) is 9.33. The number of hydrogen-bond acceptors (Lipinski definition) is 5. The molecule has 1 saturated heterocycles. The molecule has 3 saturated carbocycles. The number of piperidine rings is 1. The summed E-state index contributed by atoms with van der Waals surface area (Å²) in [6.07, 6.45) is 4.66. The second-order valence-corrected chi connectivity index (χ2v) is 11.8. The summed E-state index contributed by atoms with van der Waals surface area (Å²) in [6, 6.07) is 4.26. The molecule has 0 radical (unpaired) electrons. The largest absolute Gasteiger partial charge is 0.504 e. The van der Waals surface area contributed by atoms with Crippen molar-refractivity contribution in [2.24, 2.45) is 16.7 Å². The van der Waals surface area contributed by atoms with Crippen LogP contribution in [0.2, 0.25) is 0 Å². The van der Waals surface area contributed by atoms with E-state index in [4.69, 9.17) is 9.47 Å². The van der Waals surface area contributed by atoms with Gasteiger partial charge in [0.2, 0.25) is 0 Å². The lowest BCUT2D eigenvalue weighted by Crippen LogP contribution is -2.83. The third-order valence-electron chi connectivity index (χ3n) is 10.4. The number of phenols is 1. The first-order valence-corrected chi connectivity index (χ1v) is 11.6. The Hall–Kier alpha value is -1.30. The van der Waals surface area contributed by atoms with E-state index in [1.807, 2.05) is 6.92 Å². The number of aliphatic hydroxyl groups is 1. The fraction of sp³-hybridized carbons (Fsp3) is 0.760. The van der Waals surface area contributed by atoms with Crippen LogP contribution >= 0.6 is 0 Å². The number of benzene rings is 1. The van der Waals surface area contributed by atoms with Crippen LogP contribution in [0.25, 0.3) is 0 Å². The first kappa shape index (κ1) is 19.4. The summed E-state index contributed by atoms with van der Waals surface area (Å²) in [5.74, 6) is 0.887. The van der Waals surface area contributed by atoms with E-state index in [0.29, 0.717) is 11.8 Å². The van der Waals surface area contributed by atoms with Crippen molar-refractivity contribution < 1.29 is 19.7 Å². The average molecular weight is 414 g/mol. The molecule has 4 fully saturated rings. The Morgan fingerprint density at radius 3 is 2.63 bits per heavy atom. The second-order valence-electron chi connectivity index (χ2n) is 11.8. The van der Waals surface area contributed by atoms with Crippen LogP contribution < -0.4 is 10.1 Å². The van der Waals surface area contributed by atoms with Gasteiger partial charge in [-0.25, -0.2) is 0 Å². The van der Waals surface area contributed by atoms with E-state index in [0.717, 1.165) is 38.6 Å². The van der Waals surface area contributed by atoms with E-state index in [1.165, 1.54) is 11.1 Å². The first-order chi connectivity index (χ1) is 14.1. The number of fused-ring (bicyclic) bond motifs is 2. The van der Waals surface area contributed by atoms with E-state index in [9.17, 15) is 10.2 Å². The van der Waals surface area contributed by atoms with Gasteiger partial charge in [-0.05, 0) is 62.6 Å². The van der Waals surface area contributed by atoms with Gasteiger partial charge < -0.3 is 25.0 Å². The van der Waals surface area contributed by atoms with E-state index in [2.05, 4.69) is 32.2 Å². The lowest BCUT2D eigenvalue weighted by Gasteiger charge is -2.74. The third kappa shape index (κ3) is 1.77. The molecule has 0 amide bonds. The smallest absolute Gasteiger partial charge is 0.165 e. The Labute approximate surface area is 179 Å². The zero-order valence-electron chi connectivity index (χ0n) is 18.8. The Bertz CT molecular complexity index is 936. The van der Waals surface area contributed by atoms with Crippen molar-refractivity contribution in [3.05, 3.63) is 23.3 Å². The van der Waals surface area contributed by atoms with Crippen molar-refractivity contribution in [1.29, 1.82) is 0 Å². The molecule has 2 spiro atoms. The normalized spacial score (nSPS) is 44.9. The van der Waals surface area contributed by atoms with E-state index in [1.54, 1.807) is 13.2 Å². The highest BCUT2D eigenvalue weighted by Crippen LogP contribution is 2.77. The van der Waals surface area contributed by atoms with Crippen molar-refractivity contribution in [1.82, 2.24) is 5.32 Å². The van der Waals surface area contributed by atoms with Crippen LogP contribution in [0.1, 0.15) is 64.5 Å². The van der Waals surface area contributed by atoms with Crippen molar-refractivity contribution in [3.63, 3.8) is 0 Å². The van der Waals surface area contributed by atoms with Gasteiger partial charge in [0.1, 0.15) is 11.7 Å². The van der Waals surface area contributed by atoms with Crippen LogP contribution in [0.15, 0.2) is 12.1 Å². The topological polar surface area (TPSA) is 71.0 Å². The van der Waals surface area contributed by atoms with Gasteiger partial charge in [-0.1, -0.05) is 26.8 Å². The minimum Gasteiger partial charge on any atom is -0.504 e. The summed E-state index contributed by atoms with van der Waals surface area (Å²) in [4.78, 5) is 0. The second kappa shape index (κ2) is 5.36. The molecule has 164 valence electrons. The van der Waals surface area contributed by atoms with E-state index < -0.39 is 11.2 Å². The summed E-state index contributed by atoms with van der Waals surface area (Å²) in [7, 11) is 1.80. The highest BCUT2D eigenvalue weighted by atomic mass is 16.6. The number of nitrogens with one attached hydrogen (secondary N) is 1. The maximum Gasteiger partial charge on any atom is 0.165 e. The van der Waals surface area contributed by atoms with Gasteiger partial charge in [0.15, 0.2) is 11.5 Å². The minimum atomic E-state index is -0.910. The zero-order chi connectivity index (χ0) is 21.3. The third-order valence-corrected chi connectivity index (χ3v) is 10.4. The fourth-order valence-electron chi connectivity index (χ4n) is 8.53. The van der Waals surface area contributed by atoms with Crippen LogP contribution in [0.5, 0.6) is 11.5 Å². The maximum absolute atomic E-state index is 12.0. The summed E-state index contributed by atoms with van der Waals surface area (Å²) < 4.78 is 13.2. The predicted molar refractivity (Wildman–Crippen MR) is 114 cm³/mol. The monoisotopic (exact) mass is 413 g/mol. The van der Waals surface area contributed by atoms with Gasteiger partial charge >= 0.3 is 0 Å². The molecule has 1 aromatic rings. The van der Waals surface area contributed by atoms with Crippen molar-refractivity contribution in [3.8, 4) is 11.5 Å². The van der Waals surface area contributed by atoms with Gasteiger partial charge in [-0.15, -0.1) is 0 Å². The maximum atomic E-state index is 12.0. The van der Waals surface area contributed by atoms with E-state index >= 15 is 0 Å². The van der Waals surface area contributed by atoms with Crippen LogP contribution in [0, 0.1) is 16.7 Å². The molecular formula is C25H35NO4. The highest BCUT2D eigenvalue weighted by molar-refractivity contribution is 5.63.